The molecular weight excluding hydrogens is 348 g/mol. The Morgan fingerprint density at radius 2 is 1.87 bits per heavy atom. The normalized spacial score (nSPS) is 22.5. The minimum Gasteiger partial charge on any atom is -0.337 e. The van der Waals surface area contributed by atoms with E-state index in [9.17, 15) is 4.79 Å². The molecule has 1 unspecified atom stereocenters. The highest BCUT2D eigenvalue weighted by molar-refractivity contribution is 8.16. The minimum absolute atomic E-state index is 0. The number of halogens is 1. The number of nitrogens with zero attached hydrogens (tertiary/aromatic N) is 1. The number of carbonyl (C=O) groups excluding carboxylic acids is 1. The summed E-state index contributed by atoms with van der Waals surface area (Å²) in [5, 5.41) is 3.29. The first kappa shape index (κ1) is 19.0. The van der Waals surface area contributed by atoms with Gasteiger partial charge in [-0.25, -0.2) is 0 Å². The number of piperidine rings is 1. The Hall–Kier alpha value is -0.360. The standard InChI is InChI=1S/C17H24N2OS2.ClH/c1-18-15-4-2-9-19(12-15)16(20)13-5-7-14(8-6-13)17-21-10-3-11-22-17;/h5-8,15,17-18H,2-4,9-12H2,1H3;1H. The van der Waals surface area contributed by atoms with Crippen LogP contribution in [-0.2, 0) is 0 Å². The zero-order valence-electron chi connectivity index (χ0n) is 13.5. The molecule has 0 aromatic heterocycles. The smallest absolute Gasteiger partial charge is 0.253 e. The Morgan fingerprint density at radius 1 is 1.17 bits per heavy atom. The maximum Gasteiger partial charge on any atom is 0.253 e. The molecule has 1 amide bonds. The van der Waals surface area contributed by atoms with Crippen LogP contribution in [0.1, 0.15) is 39.8 Å². The van der Waals surface area contributed by atoms with E-state index in [0.29, 0.717) is 10.6 Å². The Balaban J connectivity index is 0.00000192. The Kier molecular flexibility index (Phi) is 7.60. The van der Waals surface area contributed by atoms with E-state index in [1.165, 1.54) is 23.5 Å². The molecule has 0 spiro atoms. The molecule has 2 fully saturated rings. The summed E-state index contributed by atoms with van der Waals surface area (Å²) in [6.45, 7) is 1.71. The summed E-state index contributed by atoms with van der Waals surface area (Å²) in [6.07, 6.45) is 3.56. The van der Waals surface area contributed by atoms with Crippen LogP contribution in [0, 0.1) is 0 Å². The van der Waals surface area contributed by atoms with Gasteiger partial charge in [0, 0.05) is 24.7 Å². The quantitative estimate of drug-likeness (QED) is 0.874. The minimum atomic E-state index is 0. The molecule has 1 aromatic carbocycles. The zero-order chi connectivity index (χ0) is 15.4. The topological polar surface area (TPSA) is 32.3 Å². The Labute approximate surface area is 153 Å². The van der Waals surface area contributed by atoms with Crippen LogP contribution in [0.2, 0.25) is 0 Å². The number of benzene rings is 1. The summed E-state index contributed by atoms with van der Waals surface area (Å²) in [4.78, 5) is 14.6. The van der Waals surface area contributed by atoms with Gasteiger partial charge in [-0.3, -0.25) is 4.79 Å². The van der Waals surface area contributed by atoms with Gasteiger partial charge >= 0.3 is 0 Å². The molecule has 0 radical (unpaired) electrons. The van der Waals surface area contributed by atoms with Gasteiger partial charge in [0.25, 0.3) is 5.91 Å². The van der Waals surface area contributed by atoms with Crippen LogP contribution >= 0.6 is 35.9 Å². The van der Waals surface area contributed by atoms with E-state index in [4.69, 9.17) is 0 Å². The molecule has 128 valence electrons. The van der Waals surface area contributed by atoms with Gasteiger partial charge in [0.2, 0.25) is 0 Å². The van der Waals surface area contributed by atoms with E-state index in [-0.39, 0.29) is 18.3 Å². The summed E-state index contributed by atoms with van der Waals surface area (Å²) < 4.78 is 0.543. The van der Waals surface area contributed by atoms with Gasteiger partial charge in [-0.2, -0.15) is 0 Å². The van der Waals surface area contributed by atoms with Crippen molar-refractivity contribution in [2.75, 3.05) is 31.6 Å². The van der Waals surface area contributed by atoms with Crippen molar-refractivity contribution >= 4 is 41.8 Å². The molecule has 3 rings (SSSR count). The van der Waals surface area contributed by atoms with Crippen LogP contribution in [-0.4, -0.2) is 48.5 Å². The van der Waals surface area contributed by atoms with Crippen molar-refractivity contribution in [3.8, 4) is 0 Å². The number of amides is 1. The molecule has 0 aliphatic carbocycles. The molecule has 2 saturated heterocycles. The predicted octanol–water partition coefficient (Wildman–Crippen LogP) is 3.80. The maximum atomic E-state index is 12.6. The fourth-order valence-corrected chi connectivity index (χ4v) is 5.94. The molecule has 23 heavy (non-hydrogen) atoms. The van der Waals surface area contributed by atoms with Crippen LogP contribution in [0.25, 0.3) is 0 Å². The highest BCUT2D eigenvalue weighted by Crippen LogP contribution is 2.43. The highest BCUT2D eigenvalue weighted by Gasteiger charge is 2.24. The molecule has 2 heterocycles. The largest absolute Gasteiger partial charge is 0.337 e. The van der Waals surface area contributed by atoms with Crippen molar-refractivity contribution in [2.24, 2.45) is 0 Å². The molecule has 0 saturated carbocycles. The number of hydrogen-bond donors (Lipinski definition) is 1. The second-order valence-electron chi connectivity index (χ2n) is 5.93. The number of hydrogen-bond acceptors (Lipinski definition) is 4. The lowest BCUT2D eigenvalue weighted by atomic mass is 10.0. The molecule has 2 aliphatic rings. The van der Waals surface area contributed by atoms with Gasteiger partial charge in [-0.05, 0) is 55.5 Å². The summed E-state index contributed by atoms with van der Waals surface area (Å²) >= 11 is 4.04. The monoisotopic (exact) mass is 372 g/mol. The average molecular weight is 373 g/mol. The zero-order valence-corrected chi connectivity index (χ0v) is 15.9. The van der Waals surface area contributed by atoms with Crippen LogP contribution in [0.15, 0.2) is 24.3 Å². The van der Waals surface area contributed by atoms with Crippen LogP contribution in [0.3, 0.4) is 0 Å². The van der Waals surface area contributed by atoms with E-state index in [2.05, 4.69) is 17.4 Å². The van der Waals surface area contributed by atoms with Crippen LogP contribution in [0.5, 0.6) is 0 Å². The summed E-state index contributed by atoms with van der Waals surface area (Å²) in [5.41, 5.74) is 2.17. The summed E-state index contributed by atoms with van der Waals surface area (Å²) in [6, 6.07) is 8.74. The van der Waals surface area contributed by atoms with Gasteiger partial charge in [0.15, 0.2) is 0 Å². The molecule has 1 aromatic rings. The fourth-order valence-electron chi connectivity index (χ4n) is 3.04. The summed E-state index contributed by atoms with van der Waals surface area (Å²) in [5.74, 6) is 2.67. The number of nitrogens with one attached hydrogen (secondary N) is 1. The second kappa shape index (κ2) is 9.21. The first-order valence-electron chi connectivity index (χ1n) is 8.07. The van der Waals surface area contributed by atoms with Crippen molar-refractivity contribution in [2.45, 2.75) is 29.9 Å². The van der Waals surface area contributed by atoms with E-state index >= 15 is 0 Å². The molecular formula is C17H25ClN2OS2. The predicted molar refractivity (Wildman–Crippen MR) is 104 cm³/mol. The van der Waals surface area contributed by atoms with Gasteiger partial charge < -0.3 is 10.2 Å². The van der Waals surface area contributed by atoms with Gasteiger partial charge in [-0.1, -0.05) is 12.1 Å². The first-order chi connectivity index (χ1) is 10.8. The van der Waals surface area contributed by atoms with Gasteiger partial charge in [0.05, 0.1) is 4.58 Å². The lowest BCUT2D eigenvalue weighted by Crippen LogP contribution is -2.46. The maximum absolute atomic E-state index is 12.6. The van der Waals surface area contributed by atoms with Crippen molar-refractivity contribution in [3.05, 3.63) is 35.4 Å². The van der Waals surface area contributed by atoms with Crippen LogP contribution in [0.4, 0.5) is 0 Å². The Bertz CT molecular complexity index is 506. The third kappa shape index (κ3) is 4.81. The third-order valence-corrected chi connectivity index (χ3v) is 7.39. The first-order valence-corrected chi connectivity index (χ1v) is 10.2. The lowest BCUT2D eigenvalue weighted by molar-refractivity contribution is 0.0698. The number of thioether (sulfide) groups is 2. The number of carbonyl (C=O) groups is 1. The molecule has 0 bridgehead atoms. The third-order valence-electron chi connectivity index (χ3n) is 4.37. The van der Waals surface area contributed by atoms with E-state index in [0.717, 1.165) is 31.5 Å². The fraction of sp³-hybridized carbons (Fsp3) is 0.588. The van der Waals surface area contributed by atoms with E-state index in [1.807, 2.05) is 47.6 Å². The van der Waals surface area contributed by atoms with Crippen molar-refractivity contribution in [1.29, 1.82) is 0 Å². The number of rotatable bonds is 3. The molecule has 6 heteroatoms. The lowest BCUT2D eigenvalue weighted by Gasteiger charge is -2.32. The molecule has 1 N–H and O–H groups in total. The molecule has 1 atom stereocenters. The summed E-state index contributed by atoms with van der Waals surface area (Å²) in [7, 11) is 1.98. The average Bonchev–Trinajstić information content (AvgIpc) is 2.62. The van der Waals surface area contributed by atoms with E-state index < -0.39 is 0 Å². The SMILES string of the molecule is CNC1CCCN(C(=O)c2ccc(C3SCCCS3)cc2)C1.Cl. The Morgan fingerprint density at radius 3 is 2.52 bits per heavy atom. The van der Waals surface area contributed by atoms with E-state index in [1.54, 1.807) is 0 Å². The van der Waals surface area contributed by atoms with Crippen molar-refractivity contribution in [1.82, 2.24) is 10.2 Å². The number of likely N-dealkylation sites (tertiary alicyclic amines) is 1. The number of likely N-dealkylation sites (N-methyl/N-ethyl adjacent to an activating group) is 1. The second-order valence-corrected chi connectivity index (χ2v) is 8.65. The molecule has 3 nitrogen and oxygen atoms in total. The van der Waals surface area contributed by atoms with Crippen molar-refractivity contribution < 1.29 is 4.79 Å². The molecule has 2 aliphatic heterocycles. The van der Waals surface area contributed by atoms with Gasteiger partial charge in [0.1, 0.15) is 0 Å². The highest BCUT2D eigenvalue weighted by atomic mass is 35.5. The van der Waals surface area contributed by atoms with Gasteiger partial charge in [-0.15, -0.1) is 35.9 Å². The van der Waals surface area contributed by atoms with Crippen LogP contribution < -0.4 is 5.32 Å². The van der Waals surface area contributed by atoms with Crippen molar-refractivity contribution in [3.63, 3.8) is 0 Å².